The molecule has 0 aromatic heterocycles. The Morgan fingerprint density at radius 1 is 1.23 bits per heavy atom. The molecule has 0 aliphatic heterocycles. The third-order valence-corrected chi connectivity index (χ3v) is 3.72. The predicted octanol–water partition coefficient (Wildman–Crippen LogP) is 3.08. The van der Waals surface area contributed by atoms with Gasteiger partial charge in [0.1, 0.15) is 0 Å². The summed E-state index contributed by atoms with van der Waals surface area (Å²) in [5.74, 6) is 0.217. The van der Waals surface area contributed by atoms with Crippen molar-refractivity contribution in [1.82, 2.24) is 4.90 Å². The van der Waals surface area contributed by atoms with Crippen LogP contribution in [0.3, 0.4) is 0 Å². The van der Waals surface area contributed by atoms with E-state index < -0.39 is 11.7 Å². The van der Waals surface area contributed by atoms with Crippen LogP contribution in [0.5, 0.6) is 0 Å². The SMILES string of the molecule is CC(C)C(N)CCN(C)C(=O)Cc1ccc(C(F)(F)F)cc1. The molecule has 1 atom stereocenters. The topological polar surface area (TPSA) is 46.3 Å². The van der Waals surface area contributed by atoms with Gasteiger partial charge in [0.15, 0.2) is 0 Å². The molecule has 0 aliphatic rings. The van der Waals surface area contributed by atoms with E-state index in [-0.39, 0.29) is 18.4 Å². The van der Waals surface area contributed by atoms with Crippen molar-refractivity contribution in [2.75, 3.05) is 13.6 Å². The Morgan fingerprint density at radius 3 is 2.23 bits per heavy atom. The third-order valence-electron chi connectivity index (χ3n) is 3.72. The first kappa shape index (κ1) is 18.5. The lowest BCUT2D eigenvalue weighted by Crippen LogP contribution is -2.35. The molecule has 1 aromatic carbocycles. The van der Waals surface area contributed by atoms with Crippen molar-refractivity contribution in [2.45, 2.75) is 38.9 Å². The molecule has 0 heterocycles. The van der Waals surface area contributed by atoms with Crippen molar-refractivity contribution < 1.29 is 18.0 Å². The summed E-state index contributed by atoms with van der Waals surface area (Å²) >= 11 is 0. The normalized spacial score (nSPS) is 13.3. The van der Waals surface area contributed by atoms with Gasteiger partial charge in [-0.3, -0.25) is 4.79 Å². The van der Waals surface area contributed by atoms with E-state index in [2.05, 4.69) is 0 Å². The van der Waals surface area contributed by atoms with Crippen LogP contribution in [-0.4, -0.2) is 30.4 Å². The highest BCUT2D eigenvalue weighted by Gasteiger charge is 2.30. The predicted molar refractivity (Wildman–Crippen MR) is 80.2 cm³/mol. The van der Waals surface area contributed by atoms with Crippen LogP contribution < -0.4 is 5.73 Å². The highest BCUT2D eigenvalue weighted by atomic mass is 19.4. The van der Waals surface area contributed by atoms with E-state index in [0.717, 1.165) is 12.1 Å². The standard InChI is InChI=1S/C16H23F3N2O/c1-11(2)14(20)8-9-21(3)15(22)10-12-4-6-13(7-5-12)16(17,18)19/h4-7,11,14H,8-10,20H2,1-3H3. The molecule has 6 heteroatoms. The second-order valence-electron chi connectivity index (χ2n) is 5.88. The molecule has 0 fully saturated rings. The molecule has 1 amide bonds. The molecule has 1 unspecified atom stereocenters. The van der Waals surface area contributed by atoms with Crippen molar-refractivity contribution in [2.24, 2.45) is 11.7 Å². The molecule has 0 saturated heterocycles. The molecule has 0 spiro atoms. The molecular weight excluding hydrogens is 293 g/mol. The van der Waals surface area contributed by atoms with Crippen molar-refractivity contribution in [3.63, 3.8) is 0 Å². The van der Waals surface area contributed by atoms with Gasteiger partial charge in [-0.15, -0.1) is 0 Å². The smallest absolute Gasteiger partial charge is 0.345 e. The number of benzene rings is 1. The molecule has 2 N–H and O–H groups in total. The molecule has 1 rings (SSSR count). The summed E-state index contributed by atoms with van der Waals surface area (Å²) in [7, 11) is 1.68. The van der Waals surface area contributed by atoms with Crippen LogP contribution in [0.15, 0.2) is 24.3 Å². The Labute approximate surface area is 129 Å². The van der Waals surface area contributed by atoms with Crippen molar-refractivity contribution >= 4 is 5.91 Å². The van der Waals surface area contributed by atoms with Crippen LogP contribution in [0.25, 0.3) is 0 Å². The van der Waals surface area contributed by atoms with Crippen LogP contribution in [0.1, 0.15) is 31.4 Å². The zero-order valence-corrected chi connectivity index (χ0v) is 13.2. The van der Waals surface area contributed by atoms with E-state index >= 15 is 0 Å². The number of amides is 1. The summed E-state index contributed by atoms with van der Waals surface area (Å²) in [6.45, 7) is 4.59. The highest BCUT2D eigenvalue weighted by molar-refractivity contribution is 5.78. The van der Waals surface area contributed by atoms with Gasteiger partial charge in [0.25, 0.3) is 0 Å². The molecular formula is C16H23F3N2O. The number of nitrogens with zero attached hydrogens (tertiary/aromatic N) is 1. The van der Waals surface area contributed by atoms with Gasteiger partial charge in [-0.05, 0) is 30.0 Å². The van der Waals surface area contributed by atoms with Gasteiger partial charge >= 0.3 is 6.18 Å². The van der Waals surface area contributed by atoms with Gasteiger partial charge < -0.3 is 10.6 Å². The third kappa shape index (κ3) is 5.67. The van der Waals surface area contributed by atoms with Crippen molar-refractivity contribution in [1.29, 1.82) is 0 Å². The van der Waals surface area contributed by atoms with Crippen molar-refractivity contribution in [3.05, 3.63) is 35.4 Å². The van der Waals surface area contributed by atoms with Gasteiger partial charge in [-0.2, -0.15) is 13.2 Å². The minimum atomic E-state index is -4.35. The summed E-state index contributed by atoms with van der Waals surface area (Å²) < 4.78 is 37.4. The highest BCUT2D eigenvalue weighted by Crippen LogP contribution is 2.29. The van der Waals surface area contributed by atoms with Crippen LogP contribution in [0, 0.1) is 5.92 Å². The Hall–Kier alpha value is -1.56. The molecule has 1 aromatic rings. The Balaban J connectivity index is 2.54. The molecule has 22 heavy (non-hydrogen) atoms. The second-order valence-corrected chi connectivity index (χ2v) is 5.88. The van der Waals surface area contributed by atoms with E-state index in [9.17, 15) is 18.0 Å². The van der Waals surface area contributed by atoms with E-state index in [1.54, 1.807) is 11.9 Å². The maximum Gasteiger partial charge on any atom is 0.416 e. The number of likely N-dealkylation sites (N-methyl/N-ethyl adjacent to an activating group) is 1. The number of halogens is 3. The van der Waals surface area contributed by atoms with Crippen LogP contribution >= 0.6 is 0 Å². The maximum absolute atomic E-state index is 12.5. The fourth-order valence-corrected chi connectivity index (χ4v) is 1.92. The minimum Gasteiger partial charge on any atom is -0.345 e. The monoisotopic (exact) mass is 316 g/mol. The molecule has 3 nitrogen and oxygen atoms in total. The zero-order chi connectivity index (χ0) is 16.9. The number of nitrogens with two attached hydrogens (primary N) is 1. The Kier molecular flexibility index (Phi) is 6.41. The molecule has 0 radical (unpaired) electrons. The summed E-state index contributed by atoms with van der Waals surface area (Å²) in [5, 5.41) is 0. The minimum absolute atomic E-state index is 0.0290. The molecule has 0 saturated carbocycles. The molecule has 0 bridgehead atoms. The van der Waals surface area contributed by atoms with Gasteiger partial charge in [0.2, 0.25) is 5.91 Å². The lowest BCUT2D eigenvalue weighted by Gasteiger charge is -2.21. The number of rotatable bonds is 6. The molecule has 0 aliphatic carbocycles. The van der Waals surface area contributed by atoms with Gasteiger partial charge in [-0.25, -0.2) is 0 Å². The lowest BCUT2D eigenvalue weighted by atomic mass is 10.0. The zero-order valence-electron chi connectivity index (χ0n) is 13.2. The van der Waals surface area contributed by atoms with E-state index in [1.165, 1.54) is 12.1 Å². The maximum atomic E-state index is 12.5. The van der Waals surface area contributed by atoms with Crippen LogP contribution in [0.4, 0.5) is 13.2 Å². The molecule has 124 valence electrons. The fraction of sp³-hybridized carbons (Fsp3) is 0.562. The second kappa shape index (κ2) is 7.63. The van der Waals surface area contributed by atoms with Gasteiger partial charge in [0, 0.05) is 19.6 Å². The summed E-state index contributed by atoms with van der Waals surface area (Å²) in [6.07, 6.45) is -3.56. The quantitative estimate of drug-likeness (QED) is 0.876. The Morgan fingerprint density at radius 2 is 1.77 bits per heavy atom. The van der Waals surface area contributed by atoms with Crippen LogP contribution in [-0.2, 0) is 17.4 Å². The van der Waals surface area contributed by atoms with E-state index in [1.807, 2.05) is 13.8 Å². The average Bonchev–Trinajstić information content (AvgIpc) is 2.43. The largest absolute Gasteiger partial charge is 0.416 e. The Bertz CT molecular complexity index is 483. The number of alkyl halides is 3. The fourth-order valence-electron chi connectivity index (χ4n) is 1.92. The summed E-state index contributed by atoms with van der Waals surface area (Å²) in [6, 6.07) is 4.71. The van der Waals surface area contributed by atoms with Gasteiger partial charge in [0.05, 0.1) is 12.0 Å². The number of carbonyl (C=O) groups is 1. The first-order valence-electron chi connectivity index (χ1n) is 7.27. The van der Waals surface area contributed by atoms with E-state index in [0.29, 0.717) is 24.4 Å². The average molecular weight is 316 g/mol. The first-order valence-corrected chi connectivity index (χ1v) is 7.27. The van der Waals surface area contributed by atoms with Gasteiger partial charge in [-0.1, -0.05) is 26.0 Å². The van der Waals surface area contributed by atoms with Crippen molar-refractivity contribution in [3.8, 4) is 0 Å². The first-order chi connectivity index (χ1) is 10.1. The summed E-state index contributed by atoms with van der Waals surface area (Å²) in [4.78, 5) is 13.6. The number of hydrogen-bond acceptors (Lipinski definition) is 2. The summed E-state index contributed by atoms with van der Waals surface area (Å²) in [5.41, 5.74) is 5.79. The number of hydrogen-bond donors (Lipinski definition) is 1. The number of carbonyl (C=O) groups excluding carboxylic acids is 1. The van der Waals surface area contributed by atoms with E-state index in [4.69, 9.17) is 5.73 Å². The lowest BCUT2D eigenvalue weighted by molar-refractivity contribution is -0.137. The van der Waals surface area contributed by atoms with Crippen LogP contribution in [0.2, 0.25) is 0 Å².